The molecule has 1 aromatic heterocycles. The van der Waals surface area contributed by atoms with E-state index in [1.54, 1.807) is 12.1 Å². The van der Waals surface area contributed by atoms with Gasteiger partial charge in [0.2, 0.25) is 12.3 Å². The van der Waals surface area contributed by atoms with Crippen LogP contribution in [0, 0.1) is 5.82 Å². The molecule has 2 amide bonds. The predicted octanol–water partition coefficient (Wildman–Crippen LogP) is 3.08. The highest BCUT2D eigenvalue weighted by atomic mass is 35.5. The number of anilines is 1. The molecule has 0 radical (unpaired) electrons. The molecule has 0 aliphatic heterocycles. The topological polar surface area (TPSA) is 101 Å². The van der Waals surface area contributed by atoms with Gasteiger partial charge in [0.25, 0.3) is 0 Å². The SMILES string of the molecule is CC(=O)N(NCc1cccc(F)c1Cl)[C@@H](CCCN)CON(C=O)c1ccc(Cl)cn1. The number of nitrogens with one attached hydrogen (secondary N) is 1. The summed E-state index contributed by atoms with van der Waals surface area (Å²) >= 11 is 11.8. The number of pyridine rings is 1. The number of amides is 2. The van der Waals surface area contributed by atoms with Crippen molar-refractivity contribution in [1.29, 1.82) is 0 Å². The van der Waals surface area contributed by atoms with E-state index in [4.69, 9.17) is 33.8 Å². The van der Waals surface area contributed by atoms with Crippen LogP contribution in [0.2, 0.25) is 10.0 Å². The van der Waals surface area contributed by atoms with Gasteiger partial charge in [-0.1, -0.05) is 35.3 Å². The largest absolute Gasteiger partial charge is 0.330 e. The van der Waals surface area contributed by atoms with Crippen LogP contribution in [0.15, 0.2) is 36.5 Å². The normalized spacial score (nSPS) is 11.8. The molecule has 1 heterocycles. The number of nitrogens with zero attached hydrogens (tertiary/aromatic N) is 3. The van der Waals surface area contributed by atoms with E-state index in [0.29, 0.717) is 36.4 Å². The number of hydrogen-bond donors (Lipinski definition) is 2. The van der Waals surface area contributed by atoms with Gasteiger partial charge < -0.3 is 5.73 Å². The Hall–Kier alpha value is -2.30. The molecule has 2 rings (SSSR count). The van der Waals surface area contributed by atoms with E-state index in [1.807, 2.05) is 0 Å². The number of carbonyl (C=O) groups is 2. The van der Waals surface area contributed by atoms with Gasteiger partial charge in [0.05, 0.1) is 22.7 Å². The van der Waals surface area contributed by atoms with E-state index in [9.17, 15) is 14.0 Å². The molecule has 31 heavy (non-hydrogen) atoms. The Morgan fingerprint density at radius 2 is 2.13 bits per heavy atom. The molecular weight excluding hydrogens is 448 g/mol. The summed E-state index contributed by atoms with van der Waals surface area (Å²) in [5, 5.41) is 2.72. The van der Waals surface area contributed by atoms with Gasteiger partial charge in [-0.15, -0.1) is 0 Å². The van der Waals surface area contributed by atoms with Crippen LogP contribution in [0.4, 0.5) is 10.2 Å². The third-order valence-electron chi connectivity index (χ3n) is 4.36. The van der Waals surface area contributed by atoms with E-state index in [2.05, 4.69) is 10.4 Å². The molecule has 0 aliphatic carbocycles. The quantitative estimate of drug-likeness (QED) is 0.364. The molecule has 8 nitrogen and oxygen atoms in total. The molecule has 0 unspecified atom stereocenters. The van der Waals surface area contributed by atoms with Crippen LogP contribution >= 0.6 is 23.2 Å². The van der Waals surface area contributed by atoms with E-state index in [1.165, 1.54) is 36.3 Å². The summed E-state index contributed by atoms with van der Waals surface area (Å²) in [5.41, 5.74) is 9.09. The zero-order valence-electron chi connectivity index (χ0n) is 16.9. The lowest BCUT2D eigenvalue weighted by molar-refractivity contribution is -0.137. The highest BCUT2D eigenvalue weighted by Gasteiger charge is 2.23. The van der Waals surface area contributed by atoms with Crippen molar-refractivity contribution in [1.82, 2.24) is 15.4 Å². The lowest BCUT2D eigenvalue weighted by atomic mass is 10.1. The molecule has 0 fully saturated rings. The lowest BCUT2D eigenvalue weighted by Crippen LogP contribution is -2.51. The molecule has 168 valence electrons. The summed E-state index contributed by atoms with van der Waals surface area (Å²) < 4.78 is 13.7. The monoisotopic (exact) mass is 471 g/mol. The molecule has 0 bridgehead atoms. The van der Waals surface area contributed by atoms with Crippen molar-refractivity contribution in [2.24, 2.45) is 5.73 Å². The number of hydroxylamine groups is 1. The smallest absolute Gasteiger partial charge is 0.239 e. The maximum Gasteiger partial charge on any atom is 0.239 e. The zero-order valence-corrected chi connectivity index (χ0v) is 18.4. The number of aromatic nitrogens is 1. The lowest BCUT2D eigenvalue weighted by Gasteiger charge is -2.32. The minimum absolute atomic E-state index is 0.0193. The summed E-state index contributed by atoms with van der Waals surface area (Å²) in [7, 11) is 0. The minimum Gasteiger partial charge on any atom is -0.330 e. The number of nitrogens with two attached hydrogens (primary N) is 1. The van der Waals surface area contributed by atoms with Crippen LogP contribution in [0.5, 0.6) is 0 Å². The molecule has 1 aromatic carbocycles. The van der Waals surface area contributed by atoms with Gasteiger partial charge in [-0.2, -0.15) is 5.06 Å². The summed E-state index contributed by atoms with van der Waals surface area (Å²) in [6, 6.07) is 7.07. The third-order valence-corrected chi connectivity index (χ3v) is 5.00. The van der Waals surface area contributed by atoms with Crippen molar-refractivity contribution in [2.75, 3.05) is 18.2 Å². The van der Waals surface area contributed by atoms with Gasteiger partial charge in [0.15, 0.2) is 5.82 Å². The molecule has 0 spiro atoms. The first kappa shape index (κ1) is 25.0. The van der Waals surface area contributed by atoms with E-state index < -0.39 is 11.9 Å². The van der Waals surface area contributed by atoms with Crippen LogP contribution < -0.4 is 16.2 Å². The Bertz CT molecular complexity index is 872. The summed E-state index contributed by atoms with van der Waals surface area (Å²) in [6.45, 7) is 1.89. The fraction of sp³-hybridized carbons (Fsp3) is 0.350. The Labute approximate surface area is 190 Å². The number of hydrogen-bond acceptors (Lipinski definition) is 6. The van der Waals surface area contributed by atoms with Crippen molar-refractivity contribution in [2.45, 2.75) is 32.4 Å². The Morgan fingerprint density at radius 3 is 2.74 bits per heavy atom. The fourth-order valence-corrected chi connectivity index (χ4v) is 3.11. The molecule has 0 saturated heterocycles. The van der Waals surface area contributed by atoms with Gasteiger partial charge in [-0.05, 0) is 43.1 Å². The maximum atomic E-state index is 13.7. The first-order valence-corrected chi connectivity index (χ1v) is 10.3. The maximum absolute atomic E-state index is 13.7. The summed E-state index contributed by atoms with van der Waals surface area (Å²) in [5.74, 6) is -0.596. The standard InChI is InChI=1S/C20H24Cl2FN5O3/c1-14(30)28(26-10-15-4-2-6-18(23)20(15)22)17(5-3-9-24)12-31-27(13-29)19-8-7-16(21)11-25-19/h2,4,6-8,11,13,17,26H,3,5,9-10,12,24H2,1H3/t17-/m0/s1. The van der Waals surface area contributed by atoms with Gasteiger partial charge in [-0.25, -0.2) is 14.8 Å². The van der Waals surface area contributed by atoms with Crippen LogP contribution in [-0.2, 0) is 21.0 Å². The van der Waals surface area contributed by atoms with Crippen molar-refractivity contribution in [3.05, 3.63) is 58.0 Å². The first-order valence-electron chi connectivity index (χ1n) is 9.52. The van der Waals surface area contributed by atoms with E-state index >= 15 is 0 Å². The highest BCUT2D eigenvalue weighted by molar-refractivity contribution is 6.31. The number of carbonyl (C=O) groups excluding carboxylic acids is 2. The molecular formula is C20H24Cl2FN5O3. The molecule has 1 atom stereocenters. The molecule has 2 aromatic rings. The molecule has 0 aliphatic rings. The number of benzene rings is 1. The van der Waals surface area contributed by atoms with Crippen LogP contribution in [-0.4, -0.2) is 41.5 Å². The van der Waals surface area contributed by atoms with Gasteiger partial charge in [0.1, 0.15) is 5.82 Å². The highest BCUT2D eigenvalue weighted by Crippen LogP contribution is 2.20. The number of rotatable bonds is 12. The Kier molecular flexibility index (Phi) is 10.1. The first-order chi connectivity index (χ1) is 14.9. The predicted molar refractivity (Wildman–Crippen MR) is 117 cm³/mol. The Morgan fingerprint density at radius 1 is 1.35 bits per heavy atom. The van der Waals surface area contributed by atoms with Crippen molar-refractivity contribution < 1.29 is 18.8 Å². The second-order valence-corrected chi connectivity index (χ2v) is 7.40. The number of hydrazine groups is 1. The average molecular weight is 472 g/mol. The molecule has 3 N–H and O–H groups in total. The van der Waals surface area contributed by atoms with Gasteiger partial charge in [0, 0.05) is 19.7 Å². The fourth-order valence-electron chi connectivity index (χ4n) is 2.81. The third kappa shape index (κ3) is 7.41. The van der Waals surface area contributed by atoms with E-state index in [0.717, 1.165) is 5.06 Å². The van der Waals surface area contributed by atoms with Gasteiger partial charge >= 0.3 is 0 Å². The minimum atomic E-state index is -0.546. The van der Waals surface area contributed by atoms with Crippen LogP contribution in [0.3, 0.4) is 0 Å². The van der Waals surface area contributed by atoms with E-state index in [-0.39, 0.29) is 29.9 Å². The van der Waals surface area contributed by atoms with Crippen LogP contribution in [0.25, 0.3) is 0 Å². The zero-order chi connectivity index (χ0) is 22.8. The second-order valence-electron chi connectivity index (χ2n) is 6.58. The number of halogens is 3. The summed E-state index contributed by atoms with van der Waals surface area (Å²) in [4.78, 5) is 33.4. The van der Waals surface area contributed by atoms with Crippen molar-refractivity contribution in [3.8, 4) is 0 Å². The van der Waals surface area contributed by atoms with Crippen LogP contribution in [0.1, 0.15) is 25.3 Å². The van der Waals surface area contributed by atoms with Crippen molar-refractivity contribution >= 4 is 41.3 Å². The van der Waals surface area contributed by atoms with Gasteiger partial charge in [-0.3, -0.25) is 19.4 Å². The van der Waals surface area contributed by atoms with Crippen molar-refractivity contribution in [3.63, 3.8) is 0 Å². The molecule has 0 saturated carbocycles. The summed E-state index contributed by atoms with van der Waals surface area (Å²) in [6.07, 6.45) is 2.96. The second kappa shape index (κ2) is 12.5. The Balaban J connectivity index is 2.11. The molecule has 11 heteroatoms. The average Bonchev–Trinajstić information content (AvgIpc) is 2.75.